The zero-order chi connectivity index (χ0) is 11.7. The first kappa shape index (κ1) is 15.4. The molecule has 0 aliphatic heterocycles. The summed E-state index contributed by atoms with van der Waals surface area (Å²) in [6, 6.07) is 0. The molecule has 0 aromatic heterocycles. The zero-order valence-corrected chi connectivity index (χ0v) is 10.0. The van der Waals surface area contributed by atoms with Gasteiger partial charge >= 0.3 is 5.97 Å². The maximum Gasteiger partial charge on any atom is 0.333 e. The predicted molar refractivity (Wildman–Crippen MR) is 61.1 cm³/mol. The van der Waals surface area contributed by atoms with Gasteiger partial charge in [-0.1, -0.05) is 19.1 Å². The summed E-state index contributed by atoms with van der Waals surface area (Å²) in [6.07, 6.45) is 0.850. The fraction of sp³-hybridized carbons (Fsp3) is 0.583. The molecule has 0 amide bonds. The largest absolute Gasteiger partial charge is 0.459 e. The van der Waals surface area contributed by atoms with Crippen LogP contribution in [-0.2, 0) is 9.53 Å². The Bertz CT molecular complexity index is 200. The average molecular weight is 198 g/mol. The minimum Gasteiger partial charge on any atom is -0.459 e. The molecule has 1 atom stereocenters. The summed E-state index contributed by atoms with van der Waals surface area (Å²) in [7, 11) is 0. The van der Waals surface area contributed by atoms with Crippen molar-refractivity contribution < 1.29 is 9.53 Å². The van der Waals surface area contributed by atoms with Crippen molar-refractivity contribution in [3.05, 3.63) is 24.3 Å². The maximum atomic E-state index is 10.8. The normalized spacial score (nSPS) is 10.6. The minimum atomic E-state index is -0.297. The molecule has 0 aromatic carbocycles. The summed E-state index contributed by atoms with van der Waals surface area (Å²) in [5.41, 5.74) is 1.63. The highest BCUT2D eigenvalue weighted by atomic mass is 16.5. The highest BCUT2D eigenvalue weighted by molar-refractivity contribution is 5.87. The van der Waals surface area contributed by atoms with E-state index in [1.165, 1.54) is 5.57 Å². The van der Waals surface area contributed by atoms with E-state index in [9.17, 15) is 4.79 Å². The minimum absolute atomic E-state index is 0.00389. The maximum absolute atomic E-state index is 10.8. The van der Waals surface area contributed by atoms with E-state index in [4.69, 9.17) is 4.74 Å². The van der Waals surface area contributed by atoms with Crippen LogP contribution in [0.2, 0.25) is 0 Å². The van der Waals surface area contributed by atoms with Crippen molar-refractivity contribution in [1.29, 1.82) is 0 Å². The first-order valence-electron chi connectivity index (χ1n) is 4.79. The quantitative estimate of drug-likeness (QED) is 0.394. The van der Waals surface area contributed by atoms with Gasteiger partial charge in [0.2, 0.25) is 0 Å². The van der Waals surface area contributed by atoms with E-state index in [0.29, 0.717) is 5.57 Å². The third kappa shape index (κ3) is 13.5. The van der Waals surface area contributed by atoms with Crippen LogP contribution in [0.25, 0.3) is 0 Å². The molecular formula is C12H22O2. The lowest BCUT2D eigenvalue weighted by Crippen LogP contribution is -2.13. The van der Waals surface area contributed by atoms with E-state index in [2.05, 4.69) is 13.2 Å². The first-order valence-corrected chi connectivity index (χ1v) is 4.79. The molecule has 82 valence electrons. The molecule has 0 saturated heterocycles. The number of esters is 1. The van der Waals surface area contributed by atoms with Crippen LogP contribution in [0.4, 0.5) is 0 Å². The van der Waals surface area contributed by atoms with Crippen molar-refractivity contribution in [2.75, 3.05) is 0 Å². The van der Waals surface area contributed by atoms with Gasteiger partial charge < -0.3 is 4.74 Å². The van der Waals surface area contributed by atoms with Crippen LogP contribution in [0, 0.1) is 0 Å². The summed E-state index contributed by atoms with van der Waals surface area (Å²) in [6.45, 7) is 16.4. The summed E-state index contributed by atoms with van der Waals surface area (Å²) in [5.74, 6) is -0.297. The second kappa shape index (κ2) is 8.54. The molecular weight excluding hydrogens is 176 g/mol. The molecule has 0 fully saturated rings. The molecule has 14 heavy (non-hydrogen) atoms. The number of carbonyl (C=O) groups excluding carboxylic acids is 1. The molecule has 1 unspecified atom stereocenters. The Morgan fingerprint density at radius 1 is 1.29 bits per heavy atom. The van der Waals surface area contributed by atoms with E-state index >= 15 is 0 Å². The smallest absolute Gasteiger partial charge is 0.333 e. The molecule has 0 heterocycles. The van der Waals surface area contributed by atoms with Crippen molar-refractivity contribution in [2.45, 2.75) is 47.1 Å². The SMILES string of the molecule is C=C(C)C.C=C(C)C(=O)OC(C)CC. The fourth-order valence-corrected chi connectivity index (χ4v) is 0.367. The predicted octanol–water partition coefficient (Wildman–Crippen LogP) is 3.49. The summed E-state index contributed by atoms with van der Waals surface area (Å²) in [4.78, 5) is 10.8. The van der Waals surface area contributed by atoms with Gasteiger partial charge in [-0.05, 0) is 34.1 Å². The third-order valence-corrected chi connectivity index (χ3v) is 1.23. The van der Waals surface area contributed by atoms with Crippen LogP contribution in [0.15, 0.2) is 24.3 Å². The van der Waals surface area contributed by atoms with Crippen molar-refractivity contribution in [2.24, 2.45) is 0 Å². The Morgan fingerprint density at radius 2 is 1.64 bits per heavy atom. The molecule has 0 saturated carbocycles. The van der Waals surface area contributed by atoms with E-state index in [1.54, 1.807) is 6.92 Å². The van der Waals surface area contributed by atoms with E-state index < -0.39 is 0 Å². The lowest BCUT2D eigenvalue weighted by molar-refractivity contribution is -0.143. The topological polar surface area (TPSA) is 26.3 Å². The average Bonchev–Trinajstić information content (AvgIpc) is 2.02. The fourth-order valence-electron chi connectivity index (χ4n) is 0.367. The molecule has 2 nitrogen and oxygen atoms in total. The lowest BCUT2D eigenvalue weighted by Gasteiger charge is -2.09. The van der Waals surface area contributed by atoms with Crippen LogP contribution in [-0.4, -0.2) is 12.1 Å². The van der Waals surface area contributed by atoms with Gasteiger partial charge in [-0.2, -0.15) is 0 Å². The summed E-state index contributed by atoms with van der Waals surface area (Å²) < 4.78 is 4.92. The Balaban J connectivity index is 0. The molecule has 0 aliphatic rings. The van der Waals surface area contributed by atoms with Gasteiger partial charge in [0.05, 0.1) is 6.10 Å². The number of rotatable bonds is 3. The van der Waals surface area contributed by atoms with Gasteiger partial charge in [-0.25, -0.2) is 4.79 Å². The van der Waals surface area contributed by atoms with Gasteiger partial charge in [0.15, 0.2) is 0 Å². The number of carbonyl (C=O) groups is 1. The highest BCUT2D eigenvalue weighted by Crippen LogP contribution is 2.00. The standard InChI is InChI=1S/C8H14O2.C4H8/c1-5-7(4)10-8(9)6(2)3;1-4(2)3/h7H,2,5H2,1,3-4H3;1H2,2-3H3. The van der Waals surface area contributed by atoms with Crippen LogP contribution in [0.5, 0.6) is 0 Å². The van der Waals surface area contributed by atoms with Crippen molar-refractivity contribution in [3.8, 4) is 0 Å². The van der Waals surface area contributed by atoms with Crippen molar-refractivity contribution in [1.82, 2.24) is 0 Å². The number of hydrogen-bond donors (Lipinski definition) is 0. The zero-order valence-electron chi connectivity index (χ0n) is 10.0. The summed E-state index contributed by atoms with van der Waals surface area (Å²) in [5, 5.41) is 0. The number of allylic oxidation sites excluding steroid dienone is 1. The Labute approximate surface area is 87.7 Å². The molecule has 0 aromatic rings. The Kier molecular flexibility index (Phi) is 9.41. The number of hydrogen-bond acceptors (Lipinski definition) is 2. The van der Waals surface area contributed by atoms with Gasteiger partial charge in [0, 0.05) is 5.57 Å². The third-order valence-electron chi connectivity index (χ3n) is 1.23. The molecule has 0 radical (unpaired) electrons. The lowest BCUT2D eigenvalue weighted by atomic mass is 10.3. The van der Waals surface area contributed by atoms with E-state index in [-0.39, 0.29) is 12.1 Å². The van der Waals surface area contributed by atoms with E-state index in [1.807, 2.05) is 27.7 Å². The molecule has 0 rings (SSSR count). The first-order chi connectivity index (χ1) is 6.31. The van der Waals surface area contributed by atoms with Crippen LogP contribution < -0.4 is 0 Å². The summed E-state index contributed by atoms with van der Waals surface area (Å²) >= 11 is 0. The highest BCUT2D eigenvalue weighted by Gasteiger charge is 2.06. The van der Waals surface area contributed by atoms with Crippen molar-refractivity contribution in [3.63, 3.8) is 0 Å². The van der Waals surface area contributed by atoms with E-state index in [0.717, 1.165) is 6.42 Å². The van der Waals surface area contributed by atoms with Gasteiger partial charge in [0.1, 0.15) is 0 Å². The van der Waals surface area contributed by atoms with Crippen LogP contribution in [0.1, 0.15) is 41.0 Å². The molecule has 0 spiro atoms. The van der Waals surface area contributed by atoms with Gasteiger partial charge in [-0.3, -0.25) is 0 Å². The second-order valence-corrected chi connectivity index (χ2v) is 3.61. The number of ether oxygens (including phenoxy) is 1. The van der Waals surface area contributed by atoms with Crippen LogP contribution in [0.3, 0.4) is 0 Å². The van der Waals surface area contributed by atoms with Gasteiger partial charge in [0.25, 0.3) is 0 Å². The Hall–Kier alpha value is -1.05. The molecule has 0 aliphatic carbocycles. The van der Waals surface area contributed by atoms with Crippen LogP contribution >= 0.6 is 0 Å². The second-order valence-electron chi connectivity index (χ2n) is 3.61. The molecule has 0 N–H and O–H groups in total. The van der Waals surface area contributed by atoms with Crippen molar-refractivity contribution >= 4 is 5.97 Å². The molecule has 0 bridgehead atoms. The monoisotopic (exact) mass is 198 g/mol. The van der Waals surface area contributed by atoms with Gasteiger partial charge in [-0.15, -0.1) is 6.58 Å². The molecule has 2 heteroatoms. The Morgan fingerprint density at radius 3 is 1.86 bits per heavy atom.